The molecular formula is C22H28N2OS. The first kappa shape index (κ1) is 17.7. The second kappa shape index (κ2) is 7.93. The van der Waals surface area contributed by atoms with Crippen LogP contribution in [0.3, 0.4) is 0 Å². The lowest BCUT2D eigenvalue weighted by atomic mass is 10.1. The third kappa shape index (κ3) is 3.86. The summed E-state index contributed by atoms with van der Waals surface area (Å²) in [5.41, 5.74) is 2.11. The molecule has 0 saturated carbocycles. The van der Waals surface area contributed by atoms with Crippen LogP contribution in [0.4, 0.5) is 0 Å². The van der Waals surface area contributed by atoms with Gasteiger partial charge in [0.25, 0.3) is 5.91 Å². The number of benzene rings is 1. The standard InChI is InChI=1S/C22H28N2OS/c1-17-10-11-21(26-17)20-9-6-14-24(20)16-18-7-5-8-19(15-18)22(25)23-12-3-2-4-13-23/h5,7-8,10-11,15,20H,2-4,6,9,12-14,16H2,1H3. The van der Waals surface area contributed by atoms with Gasteiger partial charge >= 0.3 is 0 Å². The van der Waals surface area contributed by atoms with E-state index in [0.29, 0.717) is 6.04 Å². The lowest BCUT2D eigenvalue weighted by molar-refractivity contribution is 0.0724. The van der Waals surface area contributed by atoms with Gasteiger partial charge in [0.05, 0.1) is 0 Å². The lowest BCUT2D eigenvalue weighted by Crippen LogP contribution is -2.35. The predicted octanol–water partition coefficient (Wildman–Crippen LogP) is 5.02. The average Bonchev–Trinajstić information content (AvgIpc) is 3.31. The summed E-state index contributed by atoms with van der Waals surface area (Å²) < 4.78 is 0. The summed E-state index contributed by atoms with van der Waals surface area (Å²) in [6.07, 6.45) is 6.03. The molecule has 1 atom stereocenters. The van der Waals surface area contributed by atoms with Gasteiger partial charge in [0.1, 0.15) is 0 Å². The first-order valence-corrected chi connectivity index (χ1v) is 10.7. The van der Waals surface area contributed by atoms with E-state index < -0.39 is 0 Å². The van der Waals surface area contributed by atoms with Crippen LogP contribution in [0.5, 0.6) is 0 Å². The summed E-state index contributed by atoms with van der Waals surface area (Å²) in [4.78, 5) is 20.3. The zero-order chi connectivity index (χ0) is 17.9. The van der Waals surface area contributed by atoms with E-state index >= 15 is 0 Å². The summed E-state index contributed by atoms with van der Waals surface area (Å²) in [7, 11) is 0. The maximum Gasteiger partial charge on any atom is 0.253 e. The maximum atomic E-state index is 12.8. The molecule has 3 heterocycles. The molecule has 4 rings (SSSR count). The van der Waals surface area contributed by atoms with Crippen molar-refractivity contribution < 1.29 is 4.79 Å². The summed E-state index contributed by atoms with van der Waals surface area (Å²) in [6, 6.07) is 13.4. The highest BCUT2D eigenvalue weighted by molar-refractivity contribution is 7.12. The van der Waals surface area contributed by atoms with Gasteiger partial charge in [-0.05, 0) is 75.4 Å². The molecule has 4 heteroatoms. The minimum absolute atomic E-state index is 0.207. The predicted molar refractivity (Wildman–Crippen MR) is 108 cm³/mol. The number of carbonyl (C=O) groups is 1. The number of likely N-dealkylation sites (tertiary alicyclic amines) is 2. The lowest BCUT2D eigenvalue weighted by Gasteiger charge is -2.27. The fourth-order valence-electron chi connectivity index (χ4n) is 4.29. The van der Waals surface area contributed by atoms with Gasteiger partial charge in [-0.2, -0.15) is 0 Å². The molecule has 0 N–H and O–H groups in total. The van der Waals surface area contributed by atoms with Crippen LogP contribution in [0.15, 0.2) is 36.4 Å². The molecule has 0 bridgehead atoms. The number of amides is 1. The van der Waals surface area contributed by atoms with Crippen LogP contribution < -0.4 is 0 Å². The number of hydrogen-bond acceptors (Lipinski definition) is 3. The molecule has 2 fully saturated rings. The van der Waals surface area contributed by atoms with Gasteiger partial charge in [0.2, 0.25) is 0 Å². The van der Waals surface area contributed by atoms with Crippen molar-refractivity contribution >= 4 is 17.2 Å². The Morgan fingerprint density at radius 1 is 1.08 bits per heavy atom. The minimum atomic E-state index is 0.207. The van der Waals surface area contributed by atoms with Gasteiger partial charge in [-0.15, -0.1) is 11.3 Å². The maximum absolute atomic E-state index is 12.8. The Labute approximate surface area is 160 Å². The molecule has 3 nitrogen and oxygen atoms in total. The van der Waals surface area contributed by atoms with Gasteiger partial charge in [-0.25, -0.2) is 0 Å². The Bertz CT molecular complexity index is 763. The van der Waals surface area contributed by atoms with Crippen LogP contribution in [0.2, 0.25) is 0 Å². The Balaban J connectivity index is 1.47. The van der Waals surface area contributed by atoms with Gasteiger partial charge in [0.15, 0.2) is 0 Å². The van der Waals surface area contributed by atoms with Crippen LogP contribution >= 0.6 is 11.3 Å². The highest BCUT2D eigenvalue weighted by Crippen LogP contribution is 2.36. The van der Waals surface area contributed by atoms with Gasteiger partial charge in [0, 0.05) is 41.0 Å². The van der Waals surface area contributed by atoms with E-state index in [1.807, 2.05) is 28.4 Å². The minimum Gasteiger partial charge on any atom is -0.339 e. The van der Waals surface area contributed by atoms with Crippen LogP contribution in [0, 0.1) is 6.92 Å². The third-order valence-electron chi connectivity index (χ3n) is 5.66. The quantitative estimate of drug-likeness (QED) is 0.756. The van der Waals surface area contributed by atoms with Crippen molar-refractivity contribution in [3.63, 3.8) is 0 Å². The fourth-order valence-corrected chi connectivity index (χ4v) is 5.33. The average molecular weight is 369 g/mol. The van der Waals surface area contributed by atoms with Crippen LogP contribution in [-0.4, -0.2) is 35.3 Å². The van der Waals surface area contributed by atoms with Crippen molar-refractivity contribution in [1.29, 1.82) is 0 Å². The first-order chi connectivity index (χ1) is 12.7. The van der Waals surface area contributed by atoms with Crippen molar-refractivity contribution in [2.45, 2.75) is 51.6 Å². The molecule has 1 aromatic carbocycles. The molecule has 2 aliphatic rings. The van der Waals surface area contributed by atoms with Gasteiger partial charge in [-0.1, -0.05) is 12.1 Å². The zero-order valence-electron chi connectivity index (χ0n) is 15.6. The van der Waals surface area contributed by atoms with E-state index in [2.05, 4.69) is 36.1 Å². The van der Waals surface area contributed by atoms with Crippen LogP contribution in [0.25, 0.3) is 0 Å². The van der Waals surface area contributed by atoms with Crippen molar-refractivity contribution in [3.8, 4) is 0 Å². The Kier molecular flexibility index (Phi) is 5.41. The van der Waals surface area contributed by atoms with Crippen molar-refractivity contribution in [2.24, 2.45) is 0 Å². The van der Waals surface area contributed by atoms with E-state index in [1.54, 1.807) is 0 Å². The van der Waals surface area contributed by atoms with Crippen LogP contribution in [-0.2, 0) is 6.54 Å². The van der Waals surface area contributed by atoms with E-state index in [4.69, 9.17) is 0 Å². The molecule has 138 valence electrons. The second-order valence-electron chi connectivity index (χ2n) is 7.63. The summed E-state index contributed by atoms with van der Waals surface area (Å²) in [5.74, 6) is 0.207. The highest BCUT2D eigenvalue weighted by atomic mass is 32.1. The number of aryl methyl sites for hydroxylation is 1. The van der Waals surface area contributed by atoms with E-state index in [0.717, 1.165) is 44.6 Å². The summed E-state index contributed by atoms with van der Waals surface area (Å²) >= 11 is 1.92. The number of rotatable bonds is 4. The molecule has 2 aromatic rings. The van der Waals surface area contributed by atoms with Crippen molar-refractivity contribution in [3.05, 3.63) is 57.3 Å². The Morgan fingerprint density at radius 2 is 1.92 bits per heavy atom. The highest BCUT2D eigenvalue weighted by Gasteiger charge is 2.27. The monoisotopic (exact) mass is 368 g/mol. The molecule has 2 aliphatic heterocycles. The summed E-state index contributed by atoms with van der Waals surface area (Å²) in [5, 5.41) is 0. The number of piperidine rings is 1. The number of thiophene rings is 1. The van der Waals surface area contributed by atoms with Gasteiger partial charge < -0.3 is 4.90 Å². The van der Waals surface area contributed by atoms with Crippen LogP contribution in [0.1, 0.15) is 63.8 Å². The first-order valence-electron chi connectivity index (χ1n) is 9.89. The second-order valence-corrected chi connectivity index (χ2v) is 8.95. The molecule has 1 unspecified atom stereocenters. The number of nitrogens with zero attached hydrogens (tertiary/aromatic N) is 2. The smallest absolute Gasteiger partial charge is 0.253 e. The number of hydrogen-bond donors (Lipinski definition) is 0. The molecule has 2 saturated heterocycles. The SMILES string of the molecule is Cc1ccc(C2CCCN2Cc2cccc(C(=O)N3CCCCC3)c2)s1. The van der Waals surface area contributed by atoms with Crippen molar-refractivity contribution in [1.82, 2.24) is 9.80 Å². The van der Waals surface area contributed by atoms with Gasteiger partial charge in [-0.3, -0.25) is 9.69 Å². The molecule has 1 aromatic heterocycles. The van der Waals surface area contributed by atoms with E-state index in [9.17, 15) is 4.79 Å². The molecule has 1 amide bonds. The number of carbonyl (C=O) groups excluding carboxylic acids is 1. The normalized spacial score (nSPS) is 21.3. The van der Waals surface area contributed by atoms with E-state index in [-0.39, 0.29) is 5.91 Å². The summed E-state index contributed by atoms with van der Waals surface area (Å²) in [6.45, 7) is 6.09. The zero-order valence-corrected chi connectivity index (χ0v) is 16.4. The molecular weight excluding hydrogens is 340 g/mol. The van der Waals surface area contributed by atoms with E-state index in [1.165, 1.54) is 34.6 Å². The molecule has 0 spiro atoms. The Morgan fingerprint density at radius 3 is 2.69 bits per heavy atom. The molecule has 26 heavy (non-hydrogen) atoms. The fraction of sp³-hybridized carbons (Fsp3) is 0.500. The molecule has 0 aliphatic carbocycles. The molecule has 0 radical (unpaired) electrons. The largest absolute Gasteiger partial charge is 0.339 e. The Hall–Kier alpha value is -1.65. The van der Waals surface area contributed by atoms with Crippen molar-refractivity contribution in [2.75, 3.05) is 19.6 Å². The third-order valence-corrected chi connectivity index (χ3v) is 6.76. The topological polar surface area (TPSA) is 23.6 Å².